The molecule has 2 heterocycles. The number of nitrogens with two attached hydrogens (primary N) is 1. The van der Waals surface area contributed by atoms with Crippen LogP contribution in [0.25, 0.3) is 0 Å². The van der Waals surface area contributed by atoms with Gasteiger partial charge in [-0.25, -0.2) is 9.97 Å². The normalized spacial score (nSPS) is 21.2. The first-order valence-electron chi connectivity index (χ1n) is 7.30. The van der Waals surface area contributed by atoms with Crippen LogP contribution in [0.2, 0.25) is 0 Å². The molecule has 0 aliphatic carbocycles. The van der Waals surface area contributed by atoms with Gasteiger partial charge in [-0.15, -0.1) is 0 Å². The second-order valence-electron chi connectivity index (χ2n) is 5.29. The molecule has 0 aromatic carbocycles. The summed E-state index contributed by atoms with van der Waals surface area (Å²) in [6.45, 7) is 6.06. The topological polar surface area (TPSA) is 67.1 Å². The predicted molar refractivity (Wildman–Crippen MR) is 79.4 cm³/mol. The highest BCUT2D eigenvalue weighted by atomic mass is 15.2. The summed E-state index contributed by atoms with van der Waals surface area (Å²) in [7, 11) is 0. The summed E-state index contributed by atoms with van der Waals surface area (Å²) in [5.41, 5.74) is 5.87. The third-order valence-electron chi connectivity index (χ3n) is 3.85. The van der Waals surface area contributed by atoms with E-state index in [0.717, 1.165) is 31.0 Å². The third-order valence-corrected chi connectivity index (χ3v) is 3.85. The first-order chi connectivity index (χ1) is 9.24. The van der Waals surface area contributed by atoms with Gasteiger partial charge in [0.1, 0.15) is 18.0 Å². The van der Waals surface area contributed by atoms with Crippen molar-refractivity contribution in [3.63, 3.8) is 0 Å². The van der Waals surface area contributed by atoms with Gasteiger partial charge in [-0.3, -0.25) is 0 Å². The Bertz CT molecular complexity index is 395. The van der Waals surface area contributed by atoms with E-state index >= 15 is 0 Å². The number of anilines is 2. The summed E-state index contributed by atoms with van der Waals surface area (Å²) >= 11 is 0. The fourth-order valence-corrected chi connectivity index (χ4v) is 2.48. The molecule has 0 spiro atoms. The van der Waals surface area contributed by atoms with E-state index < -0.39 is 0 Å². The molecule has 19 heavy (non-hydrogen) atoms. The van der Waals surface area contributed by atoms with Crippen LogP contribution in [0, 0.1) is 0 Å². The molecule has 0 bridgehead atoms. The standard InChI is InChI=1S/C14H25N5/c1-3-11(2)18-13-8-14(17-10-16-13)19-7-5-4-6-12(19)9-15/h8,10-12H,3-7,9,15H2,1-2H3,(H,16,17,18). The molecule has 0 radical (unpaired) electrons. The van der Waals surface area contributed by atoms with Crippen LogP contribution >= 0.6 is 0 Å². The van der Waals surface area contributed by atoms with Crippen molar-refractivity contribution in [2.24, 2.45) is 5.73 Å². The Morgan fingerprint density at radius 1 is 1.47 bits per heavy atom. The Morgan fingerprint density at radius 2 is 2.32 bits per heavy atom. The molecule has 1 aromatic rings. The first kappa shape index (κ1) is 14.1. The minimum atomic E-state index is 0.417. The molecule has 0 saturated carbocycles. The number of rotatable bonds is 5. The van der Waals surface area contributed by atoms with Gasteiger partial charge in [0.15, 0.2) is 0 Å². The van der Waals surface area contributed by atoms with Crippen LogP contribution in [-0.2, 0) is 0 Å². The number of hydrogen-bond donors (Lipinski definition) is 2. The molecular formula is C14H25N5. The maximum Gasteiger partial charge on any atom is 0.134 e. The van der Waals surface area contributed by atoms with Crippen molar-refractivity contribution in [1.82, 2.24) is 9.97 Å². The largest absolute Gasteiger partial charge is 0.367 e. The van der Waals surface area contributed by atoms with Crippen LogP contribution in [0.5, 0.6) is 0 Å². The van der Waals surface area contributed by atoms with Crippen LogP contribution in [0.15, 0.2) is 12.4 Å². The Morgan fingerprint density at radius 3 is 3.05 bits per heavy atom. The van der Waals surface area contributed by atoms with Crippen LogP contribution in [0.4, 0.5) is 11.6 Å². The fourth-order valence-electron chi connectivity index (χ4n) is 2.48. The van der Waals surface area contributed by atoms with Crippen LogP contribution in [-0.4, -0.2) is 35.1 Å². The second kappa shape index (κ2) is 6.70. The van der Waals surface area contributed by atoms with Gasteiger partial charge in [0, 0.05) is 31.2 Å². The third kappa shape index (κ3) is 3.56. The number of aromatic nitrogens is 2. The van der Waals surface area contributed by atoms with Crippen molar-refractivity contribution in [2.75, 3.05) is 23.3 Å². The molecule has 5 heteroatoms. The van der Waals surface area contributed by atoms with Crippen LogP contribution in [0.1, 0.15) is 39.5 Å². The lowest BCUT2D eigenvalue weighted by molar-refractivity contribution is 0.462. The number of nitrogens with zero attached hydrogens (tertiary/aromatic N) is 3. The van der Waals surface area contributed by atoms with E-state index in [1.54, 1.807) is 6.33 Å². The van der Waals surface area contributed by atoms with E-state index in [4.69, 9.17) is 5.73 Å². The lowest BCUT2D eigenvalue weighted by Gasteiger charge is -2.36. The SMILES string of the molecule is CCC(C)Nc1cc(N2CCCCC2CN)ncn1. The van der Waals surface area contributed by atoms with Crippen molar-refractivity contribution < 1.29 is 0 Å². The maximum absolute atomic E-state index is 5.87. The summed E-state index contributed by atoms with van der Waals surface area (Å²) in [5.74, 6) is 1.90. The highest BCUT2D eigenvalue weighted by Gasteiger charge is 2.22. The Labute approximate surface area is 115 Å². The second-order valence-corrected chi connectivity index (χ2v) is 5.29. The fraction of sp³-hybridized carbons (Fsp3) is 0.714. The zero-order valence-electron chi connectivity index (χ0n) is 12.0. The molecule has 5 nitrogen and oxygen atoms in total. The van der Waals surface area contributed by atoms with E-state index in [2.05, 4.69) is 34.0 Å². The monoisotopic (exact) mass is 263 g/mol. The molecule has 1 aliphatic rings. The lowest BCUT2D eigenvalue weighted by Crippen LogP contribution is -2.44. The first-order valence-corrected chi connectivity index (χ1v) is 7.30. The summed E-state index contributed by atoms with van der Waals surface area (Å²) in [4.78, 5) is 11.0. The van der Waals surface area contributed by atoms with Gasteiger partial charge >= 0.3 is 0 Å². The summed E-state index contributed by atoms with van der Waals surface area (Å²) in [6.07, 6.45) is 6.36. The van der Waals surface area contributed by atoms with E-state index in [1.165, 1.54) is 12.8 Å². The zero-order chi connectivity index (χ0) is 13.7. The van der Waals surface area contributed by atoms with Crippen molar-refractivity contribution in [2.45, 2.75) is 51.6 Å². The maximum atomic E-state index is 5.87. The average molecular weight is 263 g/mol. The van der Waals surface area contributed by atoms with E-state index in [1.807, 2.05) is 6.07 Å². The van der Waals surface area contributed by atoms with E-state index in [0.29, 0.717) is 18.6 Å². The molecule has 3 N–H and O–H groups in total. The minimum Gasteiger partial charge on any atom is -0.367 e. The highest BCUT2D eigenvalue weighted by Crippen LogP contribution is 2.23. The number of piperidine rings is 1. The van der Waals surface area contributed by atoms with E-state index in [-0.39, 0.29) is 0 Å². The van der Waals surface area contributed by atoms with Gasteiger partial charge in [-0.05, 0) is 32.6 Å². The van der Waals surface area contributed by atoms with Crippen molar-refractivity contribution >= 4 is 11.6 Å². The quantitative estimate of drug-likeness (QED) is 0.850. The van der Waals surface area contributed by atoms with Gasteiger partial charge in [0.05, 0.1) is 0 Å². The highest BCUT2D eigenvalue weighted by molar-refractivity contribution is 5.49. The van der Waals surface area contributed by atoms with Crippen molar-refractivity contribution in [3.8, 4) is 0 Å². The van der Waals surface area contributed by atoms with Crippen LogP contribution in [0.3, 0.4) is 0 Å². The molecule has 1 saturated heterocycles. The lowest BCUT2D eigenvalue weighted by atomic mass is 10.0. The molecule has 1 aromatic heterocycles. The summed E-state index contributed by atoms with van der Waals surface area (Å²) < 4.78 is 0. The summed E-state index contributed by atoms with van der Waals surface area (Å²) in [6, 6.07) is 2.88. The number of nitrogens with one attached hydrogen (secondary N) is 1. The number of hydrogen-bond acceptors (Lipinski definition) is 5. The molecular weight excluding hydrogens is 238 g/mol. The molecule has 2 rings (SSSR count). The van der Waals surface area contributed by atoms with Crippen molar-refractivity contribution in [1.29, 1.82) is 0 Å². The van der Waals surface area contributed by atoms with Gasteiger partial charge in [0.2, 0.25) is 0 Å². The zero-order valence-corrected chi connectivity index (χ0v) is 12.0. The van der Waals surface area contributed by atoms with Crippen molar-refractivity contribution in [3.05, 3.63) is 12.4 Å². The Hall–Kier alpha value is -1.36. The molecule has 1 fully saturated rings. The minimum absolute atomic E-state index is 0.417. The molecule has 2 unspecified atom stereocenters. The van der Waals surface area contributed by atoms with Gasteiger partial charge in [-0.2, -0.15) is 0 Å². The molecule has 0 amide bonds. The smallest absolute Gasteiger partial charge is 0.134 e. The van der Waals surface area contributed by atoms with Crippen LogP contribution < -0.4 is 16.0 Å². The van der Waals surface area contributed by atoms with E-state index in [9.17, 15) is 0 Å². The van der Waals surface area contributed by atoms with Gasteiger partial charge < -0.3 is 16.0 Å². The molecule has 106 valence electrons. The van der Waals surface area contributed by atoms with Gasteiger partial charge in [0.25, 0.3) is 0 Å². The predicted octanol–water partition coefficient (Wildman–Crippen LogP) is 2.00. The Balaban J connectivity index is 2.12. The average Bonchev–Trinajstić information content (AvgIpc) is 2.47. The summed E-state index contributed by atoms with van der Waals surface area (Å²) in [5, 5.41) is 3.39. The molecule has 1 aliphatic heterocycles. The molecule has 2 atom stereocenters. The Kier molecular flexibility index (Phi) is 4.96. The van der Waals surface area contributed by atoms with Gasteiger partial charge in [-0.1, -0.05) is 6.92 Å².